The molecule has 68 heavy (non-hydrogen) atoms. The van der Waals surface area contributed by atoms with Crippen LogP contribution in [0.25, 0.3) is 0 Å². The maximum atomic E-state index is 14.1. The minimum Gasteiger partial charge on any atom is -0.497 e. The van der Waals surface area contributed by atoms with Crippen LogP contribution in [0.4, 0.5) is 0 Å². The van der Waals surface area contributed by atoms with Gasteiger partial charge in [0.25, 0.3) is 8.32 Å². The van der Waals surface area contributed by atoms with E-state index in [9.17, 15) is 4.79 Å². The molecule has 5 aromatic carbocycles. The van der Waals surface area contributed by atoms with Crippen LogP contribution < -0.4 is 15.1 Å². The molecule has 5 aromatic rings. The zero-order valence-corrected chi connectivity index (χ0v) is 45.5. The molecule has 0 radical (unpaired) electrons. The molecule has 5 atom stereocenters. The standard InChI is InChI=1S/C58H76O7SSi2/c1-42-31-32-43(2)54(56(59)61-39-40-67(10,11)12)53(42)52(66-47-24-16-13-17-25-47)38-37-51-55(64-58(7,8)63-51)50(62-41-45-33-35-46(60-9)36-34-45)30-22-23-44(3)65-68(57(4,5)6,48-26-18-14-19-27-48)49-28-20-15-21-29-49/h13-22,24-36,44,50-52,55H,23,37-41H2,1-12H3/b30-22-/t44-,50?,51-,52?,55+/m0/s1. The van der Waals surface area contributed by atoms with Crippen molar-refractivity contribution in [3.05, 3.63) is 167 Å². The fraction of sp³-hybridized carbons (Fsp3) is 0.431. The molecule has 1 heterocycles. The Morgan fingerprint density at radius 2 is 1.40 bits per heavy atom. The lowest BCUT2D eigenvalue weighted by atomic mass is 9.91. The first-order valence-corrected chi connectivity index (χ1v) is 30.8. The Bertz CT molecular complexity index is 2340. The molecule has 0 aromatic heterocycles. The summed E-state index contributed by atoms with van der Waals surface area (Å²) in [7, 11) is -2.51. The lowest BCUT2D eigenvalue weighted by molar-refractivity contribution is -0.156. The Morgan fingerprint density at radius 3 is 1.97 bits per heavy atom. The monoisotopic (exact) mass is 972 g/mol. The molecule has 7 nitrogen and oxygen atoms in total. The van der Waals surface area contributed by atoms with Gasteiger partial charge < -0.3 is 28.1 Å². The van der Waals surface area contributed by atoms with E-state index in [1.54, 1.807) is 18.9 Å². The van der Waals surface area contributed by atoms with Crippen LogP contribution in [-0.4, -0.2) is 66.3 Å². The number of methoxy groups -OCH3 is 1. The maximum Gasteiger partial charge on any atom is 0.338 e. The molecule has 0 N–H and O–H groups in total. The summed E-state index contributed by atoms with van der Waals surface area (Å²) in [5.41, 5.74) is 4.72. The van der Waals surface area contributed by atoms with Crippen molar-refractivity contribution in [2.24, 2.45) is 0 Å². The van der Waals surface area contributed by atoms with Gasteiger partial charge in [0.15, 0.2) is 5.79 Å². The number of ether oxygens (including phenoxy) is 5. The van der Waals surface area contributed by atoms with E-state index < -0.39 is 34.4 Å². The number of rotatable bonds is 22. The SMILES string of the molecule is COc1ccc(COC(/C=C\C[C@H](C)O[Si](c2ccccc2)(c2ccccc2)C(C)(C)C)[C@H]2OC(C)(C)O[C@H]2CCC(Sc2ccccc2)c2c(C)ccc(C)c2C(=O)OCC[Si](C)(C)C)cc1. The Kier molecular flexibility index (Phi) is 18.4. The predicted molar refractivity (Wildman–Crippen MR) is 286 cm³/mol. The third kappa shape index (κ3) is 14.0. The van der Waals surface area contributed by atoms with Gasteiger partial charge in [0.1, 0.15) is 18.0 Å². The molecule has 10 heteroatoms. The van der Waals surface area contributed by atoms with Crippen LogP contribution in [0, 0.1) is 13.8 Å². The molecule has 6 rings (SSSR count). The molecule has 0 aliphatic carbocycles. The summed E-state index contributed by atoms with van der Waals surface area (Å²) in [6.45, 7) is 24.9. The summed E-state index contributed by atoms with van der Waals surface area (Å²) in [6.07, 6.45) is 5.16. The van der Waals surface area contributed by atoms with Crippen molar-refractivity contribution in [3.63, 3.8) is 0 Å². The van der Waals surface area contributed by atoms with Gasteiger partial charge in [0, 0.05) is 24.3 Å². The molecule has 0 bridgehead atoms. The summed E-state index contributed by atoms with van der Waals surface area (Å²) in [5, 5.41) is 2.30. The highest BCUT2D eigenvalue weighted by atomic mass is 32.2. The van der Waals surface area contributed by atoms with E-state index in [-0.39, 0.29) is 28.5 Å². The lowest BCUT2D eigenvalue weighted by Gasteiger charge is -2.44. The summed E-state index contributed by atoms with van der Waals surface area (Å²) < 4.78 is 39.6. The predicted octanol–water partition coefficient (Wildman–Crippen LogP) is 13.4. The number of thioether (sulfide) groups is 1. The van der Waals surface area contributed by atoms with Crippen molar-refractivity contribution in [1.29, 1.82) is 0 Å². The summed E-state index contributed by atoms with van der Waals surface area (Å²) >= 11 is 1.78. The normalized spacial score (nSPS) is 17.8. The van der Waals surface area contributed by atoms with Gasteiger partial charge in [-0.3, -0.25) is 0 Å². The van der Waals surface area contributed by atoms with Gasteiger partial charge in [-0.25, -0.2) is 4.79 Å². The largest absolute Gasteiger partial charge is 0.497 e. The first-order chi connectivity index (χ1) is 32.3. The zero-order chi connectivity index (χ0) is 49.1. The average molecular weight is 973 g/mol. The summed E-state index contributed by atoms with van der Waals surface area (Å²) in [5.74, 6) is -0.302. The number of esters is 1. The molecule has 0 saturated carbocycles. The Labute approximate surface area is 414 Å². The molecule has 2 unspecified atom stereocenters. The van der Waals surface area contributed by atoms with Crippen LogP contribution in [-0.2, 0) is 30.0 Å². The molecule has 0 spiro atoms. The fourth-order valence-electron chi connectivity index (χ4n) is 9.27. The van der Waals surface area contributed by atoms with Gasteiger partial charge in [-0.1, -0.05) is 156 Å². The zero-order valence-electron chi connectivity index (χ0n) is 42.7. The smallest absolute Gasteiger partial charge is 0.338 e. The third-order valence-electron chi connectivity index (χ3n) is 12.8. The number of aryl methyl sites for hydroxylation is 2. The Hall–Kier alpha value is -4.27. The highest BCUT2D eigenvalue weighted by molar-refractivity contribution is 7.99. The summed E-state index contributed by atoms with van der Waals surface area (Å²) in [4.78, 5) is 15.2. The highest BCUT2D eigenvalue weighted by Gasteiger charge is 2.51. The summed E-state index contributed by atoms with van der Waals surface area (Å²) in [6, 6.07) is 45.1. The molecule has 0 amide bonds. The van der Waals surface area contributed by atoms with Crippen molar-refractivity contribution >= 4 is 44.5 Å². The van der Waals surface area contributed by atoms with E-state index in [1.165, 1.54) is 10.4 Å². The van der Waals surface area contributed by atoms with E-state index in [4.69, 9.17) is 28.1 Å². The van der Waals surface area contributed by atoms with Crippen LogP contribution in [0.2, 0.25) is 30.7 Å². The molecule has 1 fully saturated rings. The minimum absolute atomic E-state index is 0.0708. The van der Waals surface area contributed by atoms with Gasteiger partial charge in [0.05, 0.1) is 32.0 Å². The van der Waals surface area contributed by atoms with Gasteiger partial charge in [-0.15, -0.1) is 11.8 Å². The second-order valence-electron chi connectivity index (χ2n) is 20.9. The number of hydrogen-bond donors (Lipinski definition) is 0. The molecule has 1 aliphatic heterocycles. The number of benzene rings is 5. The quantitative estimate of drug-likeness (QED) is 0.0294. The minimum atomic E-state index is -2.77. The second kappa shape index (κ2) is 23.6. The fourth-order valence-corrected chi connectivity index (χ4v) is 16.0. The molecular weight excluding hydrogens is 897 g/mol. The highest BCUT2D eigenvalue weighted by Crippen LogP contribution is 2.45. The van der Waals surface area contributed by atoms with Crippen molar-refractivity contribution in [2.75, 3.05) is 13.7 Å². The van der Waals surface area contributed by atoms with Crippen LogP contribution in [0.3, 0.4) is 0 Å². The van der Waals surface area contributed by atoms with Gasteiger partial charge >= 0.3 is 5.97 Å². The molecule has 364 valence electrons. The topological polar surface area (TPSA) is 72.5 Å². The van der Waals surface area contributed by atoms with Gasteiger partial charge in [-0.2, -0.15) is 0 Å². The van der Waals surface area contributed by atoms with Gasteiger partial charge in [-0.05, 0) is 122 Å². The van der Waals surface area contributed by atoms with Crippen LogP contribution in [0.1, 0.15) is 98.7 Å². The van der Waals surface area contributed by atoms with Crippen LogP contribution in [0.15, 0.2) is 144 Å². The average Bonchev–Trinajstić information content (AvgIpc) is 3.62. The van der Waals surface area contributed by atoms with E-state index in [0.717, 1.165) is 45.4 Å². The number of carbonyl (C=O) groups excluding carboxylic acids is 1. The van der Waals surface area contributed by atoms with Crippen molar-refractivity contribution < 1.29 is 32.9 Å². The maximum absolute atomic E-state index is 14.1. The van der Waals surface area contributed by atoms with Crippen molar-refractivity contribution in [3.8, 4) is 5.75 Å². The van der Waals surface area contributed by atoms with E-state index in [2.05, 4.69) is 157 Å². The second-order valence-corrected chi connectivity index (χ2v) is 32.1. The van der Waals surface area contributed by atoms with Crippen molar-refractivity contribution in [2.45, 2.75) is 152 Å². The van der Waals surface area contributed by atoms with E-state index in [1.807, 2.05) is 57.2 Å². The van der Waals surface area contributed by atoms with Gasteiger partial charge in [0.2, 0.25) is 0 Å². The first-order valence-electron chi connectivity index (χ1n) is 24.3. The number of hydrogen-bond acceptors (Lipinski definition) is 8. The first kappa shape index (κ1) is 53.1. The van der Waals surface area contributed by atoms with Crippen LogP contribution in [0.5, 0.6) is 5.75 Å². The third-order valence-corrected chi connectivity index (χ3v) is 20.9. The Morgan fingerprint density at radius 1 is 0.809 bits per heavy atom. The van der Waals surface area contributed by atoms with Crippen LogP contribution >= 0.6 is 11.8 Å². The molecule has 1 saturated heterocycles. The van der Waals surface area contributed by atoms with E-state index in [0.29, 0.717) is 31.6 Å². The van der Waals surface area contributed by atoms with Crippen molar-refractivity contribution in [1.82, 2.24) is 0 Å². The Balaban J connectivity index is 1.31. The van der Waals surface area contributed by atoms with E-state index >= 15 is 0 Å². The lowest BCUT2D eigenvalue weighted by Crippen LogP contribution is -2.67. The number of carbonyl (C=O) groups is 1. The molecular formula is C58H76O7SSi2. The molecule has 1 aliphatic rings.